The van der Waals surface area contributed by atoms with Crippen molar-refractivity contribution >= 4 is 71.7 Å². The van der Waals surface area contributed by atoms with Crippen LogP contribution in [0, 0.1) is 11.8 Å². The molecule has 0 saturated heterocycles. The van der Waals surface area contributed by atoms with Gasteiger partial charge in [0.2, 0.25) is 0 Å². The molecule has 0 N–H and O–H groups in total. The summed E-state index contributed by atoms with van der Waals surface area (Å²) in [6.45, 7) is 13.6. The number of hydrogen-bond donors (Lipinski definition) is 0. The smallest absolute Gasteiger partial charge is 0.147 e. The molecule has 0 radical (unpaired) electrons. The van der Waals surface area contributed by atoms with Gasteiger partial charge >= 0.3 is 263 Å². The van der Waals surface area contributed by atoms with Crippen LogP contribution in [0.1, 0.15) is 51.7 Å². The van der Waals surface area contributed by atoms with Gasteiger partial charge in [-0.2, -0.15) is 0 Å². The summed E-state index contributed by atoms with van der Waals surface area (Å²) in [4.78, 5) is 10.6. The zero-order valence-corrected chi connectivity index (χ0v) is 31.1. The van der Waals surface area contributed by atoms with Crippen LogP contribution in [0.5, 0.6) is 0 Å². The van der Waals surface area contributed by atoms with Crippen molar-refractivity contribution in [1.29, 1.82) is 0 Å². The number of halogens is 2. The molecule has 0 saturated carbocycles. The van der Waals surface area contributed by atoms with E-state index in [1.165, 1.54) is 67.7 Å². The van der Waals surface area contributed by atoms with Crippen LogP contribution >= 0.6 is 24.8 Å². The van der Waals surface area contributed by atoms with E-state index in [4.69, 9.17) is 9.98 Å². The summed E-state index contributed by atoms with van der Waals surface area (Å²) in [5, 5.41) is 7.99. The zero-order valence-electron chi connectivity index (χ0n) is 27.4. The Bertz CT molecular complexity index is 1500. The fraction of sp³-hybridized carbons (Fsp3) is 0.421. The normalized spacial score (nSPS) is 15.1. The molecule has 240 valence electrons. The van der Waals surface area contributed by atoms with Crippen LogP contribution in [0.15, 0.2) is 94.9 Å². The van der Waals surface area contributed by atoms with E-state index < -0.39 is 13.7 Å². The quantitative estimate of drug-likeness (QED) is 0.138. The molecule has 2 aliphatic rings. The summed E-state index contributed by atoms with van der Waals surface area (Å²) < 4.78 is 5.85. The standard InChI is InChI=1S/C38H48GeN4.2ClH/c1-29(2)19-21-39(22-20-30(3)4,42-25-23-40-37(42)27-33-15-9-13-31-11-5-7-17-35(31)33)43-26-24-41-38(43)28-34-16-10-14-32-12-6-8-18-36(32)34;;/h5-18,29-30H,19-28H2,1-4H3;2*1H. The molecule has 0 amide bonds. The van der Waals surface area contributed by atoms with Crippen LogP contribution < -0.4 is 0 Å². The maximum Gasteiger partial charge on any atom is -0.147 e. The summed E-state index contributed by atoms with van der Waals surface area (Å²) in [6, 6.07) is 31.2. The maximum absolute atomic E-state index is 5.28. The van der Waals surface area contributed by atoms with Crippen molar-refractivity contribution < 1.29 is 0 Å². The van der Waals surface area contributed by atoms with Gasteiger partial charge in [0, 0.05) is 0 Å². The van der Waals surface area contributed by atoms with Crippen LogP contribution in [0.3, 0.4) is 0 Å². The molecule has 0 bridgehead atoms. The third-order valence-electron chi connectivity index (χ3n) is 9.56. The minimum absolute atomic E-state index is 0. The first-order valence-corrected chi connectivity index (χ1v) is 21.3. The molecule has 0 aromatic heterocycles. The average Bonchev–Trinajstić information content (AvgIpc) is 3.68. The van der Waals surface area contributed by atoms with E-state index in [1.54, 1.807) is 0 Å². The van der Waals surface area contributed by atoms with Crippen molar-refractivity contribution in [2.24, 2.45) is 21.8 Å². The molecule has 2 aliphatic heterocycles. The molecule has 4 aromatic rings. The molecular weight excluding hydrogens is 656 g/mol. The van der Waals surface area contributed by atoms with Crippen LogP contribution in [0.2, 0.25) is 10.5 Å². The second-order valence-corrected chi connectivity index (χ2v) is 21.9. The average molecular weight is 706 g/mol. The second-order valence-electron chi connectivity index (χ2n) is 13.4. The van der Waals surface area contributed by atoms with Gasteiger partial charge in [-0.1, -0.05) is 0 Å². The van der Waals surface area contributed by atoms with E-state index in [0.717, 1.165) is 39.0 Å². The summed E-state index contributed by atoms with van der Waals surface area (Å²) in [6.07, 6.45) is 4.38. The zero-order chi connectivity index (χ0) is 29.8. The SMILES string of the molecule is CC(C)C[CH2][Ge]([CH2]CC(C)C)([N]1CCN=C1Cc1cccc2ccccc12)[N]1CCN=C1Cc1cccc2ccccc12.Cl.Cl. The monoisotopic (exact) mass is 706 g/mol. The van der Waals surface area contributed by atoms with Crippen molar-refractivity contribution in [2.45, 2.75) is 63.9 Å². The van der Waals surface area contributed by atoms with E-state index in [-0.39, 0.29) is 24.8 Å². The van der Waals surface area contributed by atoms with Crippen molar-refractivity contribution in [3.05, 3.63) is 96.1 Å². The van der Waals surface area contributed by atoms with Crippen molar-refractivity contribution in [1.82, 2.24) is 7.71 Å². The van der Waals surface area contributed by atoms with Gasteiger partial charge in [-0.25, -0.2) is 0 Å². The van der Waals surface area contributed by atoms with Crippen LogP contribution in [0.4, 0.5) is 0 Å². The Morgan fingerprint density at radius 2 is 0.978 bits per heavy atom. The summed E-state index contributed by atoms with van der Waals surface area (Å²) in [5.41, 5.74) is 2.80. The van der Waals surface area contributed by atoms with Crippen molar-refractivity contribution in [3.8, 4) is 0 Å². The minimum Gasteiger partial charge on any atom is -0.147 e. The second kappa shape index (κ2) is 15.8. The number of benzene rings is 4. The van der Waals surface area contributed by atoms with Crippen molar-refractivity contribution in [2.75, 3.05) is 26.2 Å². The number of rotatable bonds is 12. The fourth-order valence-corrected chi connectivity index (χ4v) is 19.8. The van der Waals surface area contributed by atoms with E-state index in [9.17, 15) is 0 Å². The molecule has 0 atom stereocenters. The van der Waals surface area contributed by atoms with Crippen LogP contribution in [-0.4, -0.2) is 59.3 Å². The first-order valence-electron chi connectivity index (χ1n) is 16.5. The molecule has 0 fully saturated rings. The largest absolute Gasteiger partial charge is 0.147 e. The van der Waals surface area contributed by atoms with Gasteiger partial charge in [-0.05, 0) is 0 Å². The summed E-state index contributed by atoms with van der Waals surface area (Å²) in [7, 11) is 0. The summed E-state index contributed by atoms with van der Waals surface area (Å²) >= 11 is -2.95. The Morgan fingerprint density at radius 1 is 0.578 bits per heavy atom. The Labute approximate surface area is 286 Å². The number of fused-ring (bicyclic) bond motifs is 2. The molecule has 2 heterocycles. The first-order chi connectivity index (χ1) is 20.9. The third-order valence-corrected chi connectivity index (χ3v) is 20.4. The predicted octanol–water partition coefficient (Wildman–Crippen LogP) is 9.58. The maximum atomic E-state index is 5.28. The minimum atomic E-state index is -2.95. The Morgan fingerprint density at radius 3 is 1.40 bits per heavy atom. The van der Waals surface area contributed by atoms with Crippen molar-refractivity contribution in [3.63, 3.8) is 0 Å². The van der Waals surface area contributed by atoms with E-state index in [1.807, 2.05) is 0 Å². The number of nitrogens with zero attached hydrogens (tertiary/aromatic N) is 4. The van der Waals surface area contributed by atoms with Crippen LogP contribution in [-0.2, 0) is 12.8 Å². The Kier molecular flexibility index (Phi) is 12.4. The molecule has 4 aromatic carbocycles. The molecule has 0 unspecified atom stereocenters. The van der Waals surface area contributed by atoms with Gasteiger partial charge < -0.3 is 0 Å². The molecule has 4 nitrogen and oxygen atoms in total. The van der Waals surface area contributed by atoms with Gasteiger partial charge in [0.25, 0.3) is 0 Å². The third kappa shape index (κ3) is 7.72. The Balaban J connectivity index is 0.00000230. The molecular formula is C38H50Cl2GeN4. The topological polar surface area (TPSA) is 31.2 Å². The number of aliphatic imine (C=N–C) groups is 2. The Hall–Kier alpha value is -2.54. The van der Waals surface area contributed by atoms with Crippen LogP contribution in [0.25, 0.3) is 21.5 Å². The predicted molar refractivity (Wildman–Crippen MR) is 202 cm³/mol. The number of amidine groups is 2. The molecule has 7 heteroatoms. The fourth-order valence-electron chi connectivity index (χ4n) is 7.27. The van der Waals surface area contributed by atoms with Gasteiger partial charge in [0.05, 0.1) is 0 Å². The van der Waals surface area contributed by atoms with Gasteiger partial charge in [0.1, 0.15) is 0 Å². The first kappa shape index (κ1) is 35.3. The molecule has 0 spiro atoms. The number of hydrogen-bond acceptors (Lipinski definition) is 4. The molecule has 6 rings (SSSR count). The van der Waals surface area contributed by atoms with Gasteiger partial charge in [-0.3, -0.25) is 0 Å². The molecule has 45 heavy (non-hydrogen) atoms. The van der Waals surface area contributed by atoms with E-state index in [2.05, 4.69) is 120 Å². The van der Waals surface area contributed by atoms with E-state index >= 15 is 0 Å². The van der Waals surface area contributed by atoms with Gasteiger partial charge in [-0.15, -0.1) is 24.8 Å². The summed E-state index contributed by atoms with van der Waals surface area (Å²) in [5.74, 6) is 4.04. The molecule has 0 aliphatic carbocycles. The van der Waals surface area contributed by atoms with E-state index in [0.29, 0.717) is 11.8 Å². The van der Waals surface area contributed by atoms with Gasteiger partial charge in [0.15, 0.2) is 0 Å².